The largest absolute Gasteiger partial charge is 0.482 e. The van der Waals surface area contributed by atoms with E-state index >= 15 is 0 Å². The fraction of sp³-hybridized carbons (Fsp3) is 0.174. The van der Waals surface area contributed by atoms with Gasteiger partial charge in [-0.1, -0.05) is 59.8 Å². The van der Waals surface area contributed by atoms with Crippen LogP contribution in [0.3, 0.4) is 0 Å². The minimum Gasteiger partial charge on any atom is -0.482 e. The number of esters is 1. The van der Waals surface area contributed by atoms with Crippen LogP contribution in [-0.4, -0.2) is 37.0 Å². The van der Waals surface area contributed by atoms with E-state index in [4.69, 9.17) is 14.3 Å². The number of oxime groups is 1. The van der Waals surface area contributed by atoms with Gasteiger partial charge in [-0.2, -0.15) is 0 Å². The third kappa shape index (κ3) is 6.77. The normalized spacial score (nSPS) is 11.7. The molecule has 0 bridgehead atoms. The molecule has 0 aliphatic heterocycles. The zero-order valence-electron chi connectivity index (χ0n) is 15.9. The second kappa shape index (κ2) is 11.2. The van der Waals surface area contributed by atoms with Crippen molar-refractivity contribution in [3.63, 3.8) is 0 Å². The predicted molar refractivity (Wildman–Crippen MR) is 110 cm³/mol. The van der Waals surface area contributed by atoms with E-state index in [2.05, 4.69) is 10.1 Å². The van der Waals surface area contributed by atoms with E-state index in [-0.39, 0.29) is 19.1 Å². The summed E-state index contributed by atoms with van der Waals surface area (Å²) in [6, 6.07) is 23.0. The van der Waals surface area contributed by atoms with Gasteiger partial charge in [0.05, 0.1) is 6.21 Å². The third-order valence-corrected chi connectivity index (χ3v) is 4.10. The fourth-order valence-electron chi connectivity index (χ4n) is 2.68. The molecule has 0 aliphatic rings. The molecule has 1 aromatic heterocycles. The maximum absolute atomic E-state index is 11.7. The first-order valence-corrected chi connectivity index (χ1v) is 9.25. The Morgan fingerprint density at radius 3 is 2.41 bits per heavy atom. The van der Waals surface area contributed by atoms with Gasteiger partial charge in [0.2, 0.25) is 0 Å². The average Bonchev–Trinajstić information content (AvgIpc) is 2.79. The van der Waals surface area contributed by atoms with Crippen molar-refractivity contribution < 1.29 is 19.1 Å². The molecule has 0 spiro atoms. The van der Waals surface area contributed by atoms with E-state index in [1.165, 1.54) is 6.21 Å². The molecule has 0 saturated heterocycles. The molecule has 0 saturated carbocycles. The summed E-state index contributed by atoms with van der Waals surface area (Å²) in [6.07, 6.45) is 4.96. The molecule has 1 atom stereocenters. The summed E-state index contributed by atoms with van der Waals surface area (Å²) < 4.78 is 10.4. The number of rotatable bonds is 10. The van der Waals surface area contributed by atoms with E-state index < -0.39 is 5.97 Å². The number of para-hydroxylation sites is 1. The van der Waals surface area contributed by atoms with Crippen LogP contribution in [-0.2, 0) is 14.4 Å². The lowest BCUT2D eigenvalue weighted by atomic mass is 9.93. The third-order valence-electron chi connectivity index (χ3n) is 4.10. The van der Waals surface area contributed by atoms with E-state index in [1.807, 2.05) is 66.9 Å². The molecule has 29 heavy (non-hydrogen) atoms. The Kier molecular flexibility index (Phi) is 7.78. The first kappa shape index (κ1) is 20.1. The SMILES string of the molecule is O=C(COc1ccccc1)OCC=NOCC(c1ccccc1)c1cccnc1. The number of carbonyl (C=O) groups excluding carboxylic acids is 1. The standard InChI is InChI=1S/C23H22N2O4/c26-23(18-28-21-11-5-2-6-12-21)27-15-14-25-29-17-22(19-8-3-1-4-9-19)20-10-7-13-24-16-20/h1-14,16,22H,15,17-18H2. The summed E-state index contributed by atoms with van der Waals surface area (Å²) in [7, 11) is 0. The molecule has 0 aliphatic carbocycles. The summed E-state index contributed by atoms with van der Waals surface area (Å²) in [5.41, 5.74) is 2.15. The Morgan fingerprint density at radius 1 is 0.966 bits per heavy atom. The molecule has 1 heterocycles. The van der Waals surface area contributed by atoms with Gasteiger partial charge in [0, 0.05) is 18.3 Å². The molecule has 3 aromatic rings. The summed E-state index contributed by atoms with van der Waals surface area (Å²) in [5, 5.41) is 3.89. The van der Waals surface area contributed by atoms with E-state index in [0.29, 0.717) is 12.4 Å². The van der Waals surface area contributed by atoms with Crippen LogP contribution in [0.15, 0.2) is 90.3 Å². The predicted octanol–water partition coefficient (Wildman–Crippen LogP) is 3.84. The number of hydrogen-bond acceptors (Lipinski definition) is 6. The highest BCUT2D eigenvalue weighted by Crippen LogP contribution is 2.24. The van der Waals surface area contributed by atoms with Crippen molar-refractivity contribution in [2.45, 2.75) is 5.92 Å². The zero-order chi connectivity index (χ0) is 20.2. The smallest absolute Gasteiger partial charge is 0.344 e. The van der Waals surface area contributed by atoms with Gasteiger partial charge in [-0.3, -0.25) is 4.98 Å². The number of benzene rings is 2. The molecule has 148 valence electrons. The maximum Gasteiger partial charge on any atom is 0.344 e. The van der Waals surface area contributed by atoms with Gasteiger partial charge in [0.15, 0.2) is 6.61 Å². The Morgan fingerprint density at radius 2 is 1.69 bits per heavy atom. The van der Waals surface area contributed by atoms with Gasteiger partial charge in [-0.05, 0) is 29.3 Å². The monoisotopic (exact) mass is 390 g/mol. The Labute approximate surface area is 169 Å². The molecule has 3 rings (SSSR count). The van der Waals surface area contributed by atoms with Crippen LogP contribution in [0.1, 0.15) is 17.0 Å². The van der Waals surface area contributed by atoms with Crippen molar-refractivity contribution in [3.8, 4) is 5.75 Å². The topological polar surface area (TPSA) is 70.0 Å². The first-order valence-electron chi connectivity index (χ1n) is 9.25. The maximum atomic E-state index is 11.7. The Bertz CT molecular complexity index is 847. The van der Waals surface area contributed by atoms with Crippen LogP contribution in [0.25, 0.3) is 0 Å². The number of hydrogen-bond donors (Lipinski definition) is 0. The average molecular weight is 390 g/mol. The van der Waals surface area contributed by atoms with Crippen LogP contribution < -0.4 is 4.74 Å². The minimum absolute atomic E-state index is 0.00359. The summed E-state index contributed by atoms with van der Waals surface area (Å²) in [6.45, 7) is 0.201. The lowest BCUT2D eigenvalue weighted by molar-refractivity contribution is -0.144. The van der Waals surface area contributed by atoms with Gasteiger partial charge >= 0.3 is 5.97 Å². The molecular formula is C23H22N2O4. The van der Waals surface area contributed by atoms with E-state index in [1.54, 1.807) is 18.3 Å². The number of aromatic nitrogens is 1. The summed E-state index contributed by atoms with van der Waals surface area (Å²) in [4.78, 5) is 21.3. The molecule has 0 fully saturated rings. The van der Waals surface area contributed by atoms with Crippen molar-refractivity contribution in [1.82, 2.24) is 4.98 Å². The molecule has 0 radical (unpaired) electrons. The lowest BCUT2D eigenvalue weighted by Crippen LogP contribution is -2.16. The highest BCUT2D eigenvalue weighted by Gasteiger charge is 2.15. The van der Waals surface area contributed by atoms with Gasteiger partial charge in [0.1, 0.15) is 19.0 Å². The first-order chi connectivity index (χ1) is 14.3. The zero-order valence-corrected chi connectivity index (χ0v) is 15.9. The Hall–Kier alpha value is -3.67. The number of pyridine rings is 1. The van der Waals surface area contributed by atoms with Gasteiger partial charge in [-0.25, -0.2) is 4.79 Å². The molecule has 6 nitrogen and oxygen atoms in total. The summed E-state index contributed by atoms with van der Waals surface area (Å²) >= 11 is 0. The van der Waals surface area contributed by atoms with Crippen molar-refractivity contribution in [3.05, 3.63) is 96.3 Å². The molecule has 2 aromatic carbocycles. The van der Waals surface area contributed by atoms with Crippen molar-refractivity contribution in [2.24, 2.45) is 5.16 Å². The quantitative estimate of drug-likeness (QED) is 0.299. The second-order valence-electron chi connectivity index (χ2n) is 6.12. The second-order valence-corrected chi connectivity index (χ2v) is 6.12. The minimum atomic E-state index is -0.474. The highest BCUT2D eigenvalue weighted by atomic mass is 16.6. The van der Waals surface area contributed by atoms with Crippen molar-refractivity contribution in [1.29, 1.82) is 0 Å². The van der Waals surface area contributed by atoms with Crippen LogP contribution in [0, 0.1) is 0 Å². The van der Waals surface area contributed by atoms with E-state index in [0.717, 1.165) is 11.1 Å². The fourth-order valence-corrected chi connectivity index (χ4v) is 2.68. The Balaban J connectivity index is 1.42. The molecule has 0 N–H and O–H groups in total. The molecule has 1 unspecified atom stereocenters. The molecule has 6 heteroatoms. The number of carbonyl (C=O) groups is 1. The van der Waals surface area contributed by atoms with Crippen molar-refractivity contribution in [2.75, 3.05) is 19.8 Å². The number of nitrogens with zero attached hydrogens (tertiary/aromatic N) is 2. The van der Waals surface area contributed by atoms with Crippen molar-refractivity contribution >= 4 is 12.2 Å². The number of ether oxygens (including phenoxy) is 2. The van der Waals surface area contributed by atoms with Crippen LogP contribution in [0.2, 0.25) is 0 Å². The lowest BCUT2D eigenvalue weighted by Gasteiger charge is -2.16. The highest BCUT2D eigenvalue weighted by molar-refractivity contribution is 5.73. The van der Waals surface area contributed by atoms with Crippen LogP contribution in [0.4, 0.5) is 0 Å². The van der Waals surface area contributed by atoms with Crippen LogP contribution >= 0.6 is 0 Å². The van der Waals surface area contributed by atoms with Crippen LogP contribution in [0.5, 0.6) is 5.75 Å². The van der Waals surface area contributed by atoms with E-state index in [9.17, 15) is 4.79 Å². The van der Waals surface area contributed by atoms with Gasteiger partial charge in [0.25, 0.3) is 0 Å². The molecule has 0 amide bonds. The molecular weight excluding hydrogens is 368 g/mol. The summed E-state index contributed by atoms with van der Waals surface area (Å²) in [5.74, 6) is 0.144. The van der Waals surface area contributed by atoms with Gasteiger partial charge < -0.3 is 14.3 Å². The van der Waals surface area contributed by atoms with Gasteiger partial charge in [-0.15, -0.1) is 0 Å².